The van der Waals surface area contributed by atoms with Crippen molar-refractivity contribution >= 4 is 28.9 Å². The van der Waals surface area contributed by atoms with Crippen molar-refractivity contribution in [3.8, 4) is 0 Å². The topological polar surface area (TPSA) is 67.9 Å². The van der Waals surface area contributed by atoms with E-state index in [4.69, 9.17) is 0 Å². The van der Waals surface area contributed by atoms with Crippen molar-refractivity contribution in [3.05, 3.63) is 89.5 Å². The summed E-state index contributed by atoms with van der Waals surface area (Å²) in [6.45, 7) is 7.80. The van der Waals surface area contributed by atoms with Gasteiger partial charge in [0.2, 0.25) is 0 Å². The molecule has 3 aromatic carbocycles. The highest BCUT2D eigenvalue weighted by atomic mass is 16.2. The van der Waals surface area contributed by atoms with Crippen molar-refractivity contribution in [1.29, 1.82) is 0 Å². The molecule has 1 unspecified atom stereocenters. The van der Waals surface area contributed by atoms with Crippen molar-refractivity contribution in [2.45, 2.75) is 19.9 Å². The van der Waals surface area contributed by atoms with Crippen LogP contribution in [0.5, 0.6) is 0 Å². The Labute approximate surface area is 220 Å². The standard InChI is InChI=1S/C30H37N5O2/c1-22-18-23(2)20-25(19-22)32-30(37)29(36)31-21-28(24-10-12-26(13-11-24)33(3)4)35-16-14-34(15-17-35)27-8-6-5-7-9-27/h5-13,18-20,28H,14-17,21H2,1-4H3,(H,31,36)(H,32,37). The van der Waals surface area contributed by atoms with Crippen LogP contribution in [0, 0.1) is 13.8 Å². The minimum Gasteiger partial charge on any atom is -0.378 e. The van der Waals surface area contributed by atoms with Gasteiger partial charge < -0.3 is 20.4 Å². The second-order valence-electron chi connectivity index (χ2n) is 9.90. The number of piperazine rings is 1. The van der Waals surface area contributed by atoms with E-state index >= 15 is 0 Å². The Morgan fingerprint density at radius 3 is 2.05 bits per heavy atom. The van der Waals surface area contributed by atoms with Crippen LogP contribution in [-0.4, -0.2) is 63.5 Å². The lowest BCUT2D eigenvalue weighted by atomic mass is 10.0. The smallest absolute Gasteiger partial charge is 0.313 e. The van der Waals surface area contributed by atoms with Crippen molar-refractivity contribution < 1.29 is 9.59 Å². The van der Waals surface area contributed by atoms with Gasteiger partial charge in [-0.2, -0.15) is 0 Å². The third kappa shape index (κ3) is 6.89. The SMILES string of the molecule is Cc1cc(C)cc(NC(=O)C(=O)NCC(c2ccc(N(C)C)cc2)N2CCN(c3ccccc3)CC2)c1. The molecule has 194 valence electrons. The summed E-state index contributed by atoms with van der Waals surface area (Å²) in [7, 11) is 4.04. The molecule has 0 radical (unpaired) electrons. The summed E-state index contributed by atoms with van der Waals surface area (Å²) in [5, 5.41) is 5.62. The van der Waals surface area contributed by atoms with Gasteiger partial charge in [0.1, 0.15) is 0 Å². The fourth-order valence-electron chi connectivity index (χ4n) is 4.89. The highest BCUT2D eigenvalue weighted by molar-refractivity contribution is 6.39. The third-order valence-electron chi connectivity index (χ3n) is 6.81. The van der Waals surface area contributed by atoms with Crippen LogP contribution in [0.2, 0.25) is 0 Å². The molecule has 0 bridgehead atoms. The molecule has 2 N–H and O–H groups in total. The molecule has 0 aromatic heterocycles. The average Bonchev–Trinajstić information content (AvgIpc) is 2.89. The van der Waals surface area contributed by atoms with Gasteiger partial charge in [-0.05, 0) is 66.9 Å². The monoisotopic (exact) mass is 499 g/mol. The molecule has 2 amide bonds. The Hall–Kier alpha value is -3.84. The molecule has 1 aliphatic heterocycles. The molecule has 7 nitrogen and oxygen atoms in total. The average molecular weight is 500 g/mol. The van der Waals surface area contributed by atoms with Gasteiger partial charge in [0.25, 0.3) is 0 Å². The molecule has 7 heteroatoms. The van der Waals surface area contributed by atoms with E-state index in [0.29, 0.717) is 12.2 Å². The molecule has 0 saturated carbocycles. The van der Waals surface area contributed by atoms with E-state index < -0.39 is 11.8 Å². The Morgan fingerprint density at radius 1 is 0.838 bits per heavy atom. The van der Waals surface area contributed by atoms with E-state index in [1.807, 2.05) is 52.2 Å². The lowest BCUT2D eigenvalue weighted by Crippen LogP contribution is -2.50. The third-order valence-corrected chi connectivity index (χ3v) is 6.81. The number of hydrogen-bond donors (Lipinski definition) is 2. The largest absolute Gasteiger partial charge is 0.378 e. The van der Waals surface area contributed by atoms with E-state index in [0.717, 1.165) is 48.6 Å². The zero-order chi connectivity index (χ0) is 26.4. The molecule has 3 aromatic rings. The summed E-state index contributed by atoms with van der Waals surface area (Å²) < 4.78 is 0. The molecular weight excluding hydrogens is 462 g/mol. The van der Waals surface area contributed by atoms with Crippen LogP contribution in [0.15, 0.2) is 72.8 Å². The number of carbonyl (C=O) groups is 2. The number of carbonyl (C=O) groups excluding carboxylic acids is 2. The number of nitrogens with zero attached hydrogens (tertiary/aromatic N) is 3. The van der Waals surface area contributed by atoms with Gasteiger partial charge in [0.05, 0.1) is 6.04 Å². The number of benzene rings is 3. The second kappa shape index (κ2) is 11.9. The zero-order valence-electron chi connectivity index (χ0n) is 22.2. The predicted octanol–water partition coefficient (Wildman–Crippen LogP) is 3.99. The molecule has 1 atom stereocenters. The van der Waals surface area contributed by atoms with Crippen molar-refractivity contribution in [2.75, 3.05) is 61.9 Å². The van der Waals surface area contributed by atoms with Gasteiger partial charge in [0.15, 0.2) is 0 Å². The summed E-state index contributed by atoms with van der Waals surface area (Å²) in [4.78, 5) is 32.2. The lowest BCUT2D eigenvalue weighted by molar-refractivity contribution is -0.136. The van der Waals surface area contributed by atoms with Crippen molar-refractivity contribution in [3.63, 3.8) is 0 Å². The number of aryl methyl sites for hydroxylation is 2. The van der Waals surface area contributed by atoms with Crippen LogP contribution < -0.4 is 20.4 Å². The minimum absolute atomic E-state index is 0.0351. The number of para-hydroxylation sites is 1. The molecule has 1 heterocycles. The maximum absolute atomic E-state index is 12.8. The first-order valence-electron chi connectivity index (χ1n) is 12.8. The Bertz CT molecular complexity index is 1180. The maximum Gasteiger partial charge on any atom is 0.313 e. The van der Waals surface area contributed by atoms with Crippen LogP contribution in [0.25, 0.3) is 0 Å². The Morgan fingerprint density at radius 2 is 1.46 bits per heavy atom. The van der Waals surface area contributed by atoms with Gasteiger partial charge >= 0.3 is 11.8 Å². The molecule has 0 aliphatic carbocycles. The first-order valence-corrected chi connectivity index (χ1v) is 12.8. The summed E-state index contributed by atoms with van der Waals surface area (Å²) in [6.07, 6.45) is 0. The first kappa shape index (κ1) is 26.2. The maximum atomic E-state index is 12.8. The summed E-state index contributed by atoms with van der Waals surface area (Å²) in [6, 6.07) is 24.6. The summed E-state index contributed by atoms with van der Waals surface area (Å²) >= 11 is 0. The van der Waals surface area contributed by atoms with E-state index in [-0.39, 0.29) is 6.04 Å². The second-order valence-corrected chi connectivity index (χ2v) is 9.90. The van der Waals surface area contributed by atoms with Gasteiger partial charge in [0, 0.05) is 63.9 Å². The molecule has 0 spiro atoms. The van der Waals surface area contributed by atoms with Crippen LogP contribution in [0.3, 0.4) is 0 Å². The van der Waals surface area contributed by atoms with E-state index in [1.165, 1.54) is 5.69 Å². The normalized spacial score (nSPS) is 14.6. The summed E-state index contributed by atoms with van der Waals surface area (Å²) in [5.74, 6) is -1.28. The highest BCUT2D eigenvalue weighted by Crippen LogP contribution is 2.26. The fraction of sp³-hybridized carbons (Fsp3) is 0.333. The molecule has 1 aliphatic rings. The van der Waals surface area contributed by atoms with E-state index in [9.17, 15) is 9.59 Å². The minimum atomic E-state index is -0.652. The number of amides is 2. The molecule has 1 saturated heterocycles. The van der Waals surface area contributed by atoms with Gasteiger partial charge in [-0.1, -0.05) is 36.4 Å². The lowest BCUT2D eigenvalue weighted by Gasteiger charge is -2.40. The number of anilines is 3. The quantitative estimate of drug-likeness (QED) is 0.481. The first-order chi connectivity index (χ1) is 17.8. The fourth-order valence-corrected chi connectivity index (χ4v) is 4.89. The van der Waals surface area contributed by atoms with E-state index in [1.54, 1.807) is 0 Å². The molecular formula is C30H37N5O2. The van der Waals surface area contributed by atoms with Crippen molar-refractivity contribution in [2.24, 2.45) is 0 Å². The predicted molar refractivity (Wildman–Crippen MR) is 151 cm³/mol. The number of rotatable bonds is 7. The number of hydrogen-bond acceptors (Lipinski definition) is 5. The van der Waals surface area contributed by atoms with Gasteiger partial charge in [-0.25, -0.2) is 0 Å². The molecule has 37 heavy (non-hydrogen) atoms. The molecule has 4 rings (SSSR count). The van der Waals surface area contributed by atoms with Crippen LogP contribution in [0.1, 0.15) is 22.7 Å². The van der Waals surface area contributed by atoms with Gasteiger partial charge in [-0.3, -0.25) is 14.5 Å². The van der Waals surface area contributed by atoms with Crippen LogP contribution in [-0.2, 0) is 9.59 Å². The van der Waals surface area contributed by atoms with Crippen molar-refractivity contribution in [1.82, 2.24) is 10.2 Å². The highest BCUT2D eigenvalue weighted by Gasteiger charge is 2.27. The Balaban J connectivity index is 1.44. The van der Waals surface area contributed by atoms with Crippen LogP contribution in [0.4, 0.5) is 17.1 Å². The summed E-state index contributed by atoms with van der Waals surface area (Å²) in [5.41, 5.74) is 6.16. The number of nitrogens with one attached hydrogen (secondary N) is 2. The zero-order valence-corrected chi connectivity index (χ0v) is 22.2. The van der Waals surface area contributed by atoms with Gasteiger partial charge in [-0.15, -0.1) is 0 Å². The van der Waals surface area contributed by atoms with Crippen LogP contribution >= 0.6 is 0 Å². The molecule has 1 fully saturated rings. The van der Waals surface area contributed by atoms with E-state index in [2.05, 4.69) is 73.9 Å². The Kier molecular flexibility index (Phi) is 8.46.